The summed E-state index contributed by atoms with van der Waals surface area (Å²) in [6.07, 6.45) is 0.997. The number of benzene rings is 2. The monoisotopic (exact) mass is 364 g/mol. The molecule has 0 aromatic heterocycles. The van der Waals surface area contributed by atoms with Crippen LogP contribution in [0.25, 0.3) is 0 Å². The predicted octanol–water partition coefficient (Wildman–Crippen LogP) is 2.84. The standard InChI is InChI=1S/C18H21FN2O3S/c1-13-8-9-16(10-14(13)2)20-18(22)12-21(25(3,23)24)11-15-6-4-5-7-17(15)19/h4-10H,11-12H2,1-3H3,(H,20,22). The van der Waals surface area contributed by atoms with Crippen molar-refractivity contribution in [3.05, 3.63) is 65.0 Å². The van der Waals surface area contributed by atoms with Crippen molar-refractivity contribution in [1.29, 1.82) is 0 Å². The maximum atomic E-state index is 13.8. The van der Waals surface area contributed by atoms with Gasteiger partial charge in [-0.15, -0.1) is 0 Å². The average Bonchev–Trinajstić information content (AvgIpc) is 2.51. The summed E-state index contributed by atoms with van der Waals surface area (Å²) in [5.41, 5.74) is 2.92. The fourth-order valence-electron chi connectivity index (χ4n) is 2.29. The molecule has 2 aromatic rings. The van der Waals surface area contributed by atoms with Gasteiger partial charge in [0.25, 0.3) is 0 Å². The minimum atomic E-state index is -3.68. The number of rotatable bonds is 6. The zero-order valence-corrected chi connectivity index (χ0v) is 15.2. The molecule has 1 amide bonds. The highest BCUT2D eigenvalue weighted by Crippen LogP contribution is 2.15. The summed E-state index contributed by atoms with van der Waals surface area (Å²) in [5, 5.41) is 2.67. The minimum Gasteiger partial charge on any atom is -0.325 e. The van der Waals surface area contributed by atoms with Crippen molar-refractivity contribution in [2.24, 2.45) is 0 Å². The molecule has 0 aliphatic rings. The van der Waals surface area contributed by atoms with E-state index in [1.807, 2.05) is 26.0 Å². The summed E-state index contributed by atoms with van der Waals surface area (Å²) >= 11 is 0. The van der Waals surface area contributed by atoms with Gasteiger partial charge in [0.2, 0.25) is 15.9 Å². The number of amides is 1. The summed E-state index contributed by atoms with van der Waals surface area (Å²) in [4.78, 5) is 12.2. The van der Waals surface area contributed by atoms with Crippen LogP contribution < -0.4 is 5.32 Å². The van der Waals surface area contributed by atoms with Crippen LogP contribution in [0.3, 0.4) is 0 Å². The van der Waals surface area contributed by atoms with Gasteiger partial charge in [-0.2, -0.15) is 4.31 Å². The lowest BCUT2D eigenvalue weighted by molar-refractivity contribution is -0.116. The van der Waals surface area contributed by atoms with Gasteiger partial charge in [0, 0.05) is 17.8 Å². The first-order valence-corrected chi connectivity index (χ1v) is 9.57. The highest BCUT2D eigenvalue weighted by Gasteiger charge is 2.21. The Labute approximate surface area is 147 Å². The maximum absolute atomic E-state index is 13.8. The van der Waals surface area contributed by atoms with Gasteiger partial charge in [-0.05, 0) is 43.2 Å². The Morgan fingerprint density at radius 2 is 1.80 bits per heavy atom. The quantitative estimate of drug-likeness (QED) is 0.857. The molecule has 0 unspecified atom stereocenters. The first kappa shape index (κ1) is 19.1. The van der Waals surface area contributed by atoms with Gasteiger partial charge in [0.15, 0.2) is 0 Å². The number of carbonyl (C=O) groups is 1. The van der Waals surface area contributed by atoms with E-state index in [9.17, 15) is 17.6 Å². The molecule has 7 heteroatoms. The summed E-state index contributed by atoms with van der Waals surface area (Å²) < 4.78 is 38.6. The Bertz CT molecular complexity index is 882. The molecule has 2 aromatic carbocycles. The van der Waals surface area contributed by atoms with E-state index in [1.165, 1.54) is 18.2 Å². The summed E-state index contributed by atoms with van der Waals surface area (Å²) in [7, 11) is -3.68. The fraction of sp³-hybridized carbons (Fsp3) is 0.278. The summed E-state index contributed by atoms with van der Waals surface area (Å²) in [6, 6.07) is 11.3. The lowest BCUT2D eigenvalue weighted by Gasteiger charge is -2.20. The van der Waals surface area contributed by atoms with E-state index >= 15 is 0 Å². The molecule has 0 bridgehead atoms. The van der Waals surface area contributed by atoms with Crippen molar-refractivity contribution in [2.45, 2.75) is 20.4 Å². The third kappa shape index (κ3) is 5.37. The van der Waals surface area contributed by atoms with Crippen LogP contribution in [-0.2, 0) is 21.4 Å². The van der Waals surface area contributed by atoms with E-state index in [0.717, 1.165) is 21.7 Å². The van der Waals surface area contributed by atoms with Crippen LogP contribution in [0.1, 0.15) is 16.7 Å². The summed E-state index contributed by atoms with van der Waals surface area (Å²) in [5.74, 6) is -0.990. The number of carbonyl (C=O) groups excluding carboxylic acids is 1. The van der Waals surface area contributed by atoms with Crippen molar-refractivity contribution in [2.75, 3.05) is 18.1 Å². The molecule has 0 aliphatic carbocycles. The van der Waals surface area contributed by atoms with Gasteiger partial charge < -0.3 is 5.32 Å². The highest BCUT2D eigenvalue weighted by molar-refractivity contribution is 7.88. The third-order valence-electron chi connectivity index (χ3n) is 3.88. The summed E-state index contributed by atoms with van der Waals surface area (Å²) in [6.45, 7) is 3.29. The normalized spacial score (nSPS) is 11.6. The molecule has 0 radical (unpaired) electrons. The molecule has 0 atom stereocenters. The number of hydrogen-bond donors (Lipinski definition) is 1. The molecular weight excluding hydrogens is 343 g/mol. The van der Waals surface area contributed by atoms with Crippen molar-refractivity contribution >= 4 is 21.6 Å². The fourth-order valence-corrected chi connectivity index (χ4v) is 3.01. The van der Waals surface area contributed by atoms with Crippen LogP contribution in [0.5, 0.6) is 0 Å². The van der Waals surface area contributed by atoms with Gasteiger partial charge in [0.05, 0.1) is 12.8 Å². The van der Waals surface area contributed by atoms with Gasteiger partial charge in [-0.25, -0.2) is 12.8 Å². The highest BCUT2D eigenvalue weighted by atomic mass is 32.2. The largest absolute Gasteiger partial charge is 0.325 e. The van der Waals surface area contributed by atoms with E-state index in [2.05, 4.69) is 5.32 Å². The number of nitrogens with zero attached hydrogens (tertiary/aromatic N) is 1. The Hall–Kier alpha value is -2.25. The number of nitrogens with one attached hydrogen (secondary N) is 1. The Morgan fingerprint density at radius 1 is 1.12 bits per heavy atom. The average molecular weight is 364 g/mol. The lowest BCUT2D eigenvalue weighted by atomic mass is 10.1. The molecule has 0 aliphatic heterocycles. The second-order valence-electron chi connectivity index (χ2n) is 5.97. The van der Waals surface area contributed by atoms with Crippen LogP contribution >= 0.6 is 0 Å². The van der Waals surface area contributed by atoms with E-state index in [0.29, 0.717) is 5.69 Å². The van der Waals surface area contributed by atoms with E-state index in [-0.39, 0.29) is 18.7 Å². The van der Waals surface area contributed by atoms with Crippen molar-refractivity contribution in [3.8, 4) is 0 Å². The van der Waals surface area contributed by atoms with Gasteiger partial charge in [-0.3, -0.25) is 4.79 Å². The zero-order valence-electron chi connectivity index (χ0n) is 14.4. The number of sulfonamides is 1. The Balaban J connectivity index is 2.13. The number of aryl methyl sites for hydroxylation is 2. The molecule has 0 saturated carbocycles. The molecule has 0 heterocycles. The molecule has 1 N–H and O–H groups in total. The van der Waals surface area contributed by atoms with Crippen LogP contribution in [0.15, 0.2) is 42.5 Å². The van der Waals surface area contributed by atoms with E-state index < -0.39 is 21.7 Å². The third-order valence-corrected chi connectivity index (χ3v) is 5.08. The van der Waals surface area contributed by atoms with E-state index in [4.69, 9.17) is 0 Å². The van der Waals surface area contributed by atoms with E-state index in [1.54, 1.807) is 12.1 Å². The van der Waals surface area contributed by atoms with Crippen molar-refractivity contribution in [3.63, 3.8) is 0 Å². The van der Waals surface area contributed by atoms with Crippen molar-refractivity contribution in [1.82, 2.24) is 4.31 Å². The van der Waals surface area contributed by atoms with Gasteiger partial charge in [0.1, 0.15) is 5.82 Å². The number of anilines is 1. The molecule has 2 rings (SSSR count). The zero-order chi connectivity index (χ0) is 18.6. The van der Waals surface area contributed by atoms with Gasteiger partial charge >= 0.3 is 0 Å². The van der Waals surface area contributed by atoms with Crippen LogP contribution in [-0.4, -0.2) is 31.4 Å². The lowest BCUT2D eigenvalue weighted by Crippen LogP contribution is -2.37. The molecule has 25 heavy (non-hydrogen) atoms. The van der Waals surface area contributed by atoms with Crippen LogP contribution in [0, 0.1) is 19.7 Å². The molecule has 0 fully saturated rings. The molecule has 0 saturated heterocycles. The molecule has 0 spiro atoms. The maximum Gasteiger partial charge on any atom is 0.239 e. The van der Waals surface area contributed by atoms with Crippen LogP contribution in [0.2, 0.25) is 0 Å². The molecular formula is C18H21FN2O3S. The predicted molar refractivity (Wildman–Crippen MR) is 96.2 cm³/mol. The SMILES string of the molecule is Cc1ccc(NC(=O)CN(Cc2ccccc2F)S(C)(=O)=O)cc1C. The number of hydrogen-bond acceptors (Lipinski definition) is 3. The second-order valence-corrected chi connectivity index (χ2v) is 7.95. The second kappa shape index (κ2) is 7.76. The first-order chi connectivity index (χ1) is 11.7. The molecule has 134 valence electrons. The molecule has 5 nitrogen and oxygen atoms in total. The Kier molecular flexibility index (Phi) is 5.92. The topological polar surface area (TPSA) is 66.5 Å². The van der Waals surface area contributed by atoms with Crippen molar-refractivity contribution < 1.29 is 17.6 Å². The number of halogens is 1. The minimum absolute atomic E-state index is 0.203. The Morgan fingerprint density at radius 3 is 2.40 bits per heavy atom. The van der Waals surface area contributed by atoms with Crippen LogP contribution in [0.4, 0.5) is 10.1 Å². The van der Waals surface area contributed by atoms with Gasteiger partial charge in [-0.1, -0.05) is 24.3 Å². The smallest absolute Gasteiger partial charge is 0.239 e. The first-order valence-electron chi connectivity index (χ1n) is 7.72.